The number of hydrogen-bond donors (Lipinski definition) is 1. The number of anilines is 1. The molecule has 1 aliphatic heterocycles. The summed E-state index contributed by atoms with van der Waals surface area (Å²) in [4.78, 5) is 12.1. The van der Waals surface area contributed by atoms with Gasteiger partial charge >= 0.3 is 0 Å². The standard InChI is InChI=1S/C17H17F2N3O/c18-10-5-6-12(15(19)7-10)13-8-16(23)21-17-14(13)9-20-22(17)11-3-1-2-4-11/h5-7,9,11,13H,1-4,8H2,(H,21,23)/t13-/m1/s1. The molecule has 4 nitrogen and oxygen atoms in total. The highest BCUT2D eigenvalue weighted by Gasteiger charge is 2.33. The molecule has 6 heteroatoms. The third-order valence-corrected chi connectivity index (χ3v) is 4.85. The van der Waals surface area contributed by atoms with Gasteiger partial charge in [-0.15, -0.1) is 0 Å². The molecule has 2 heterocycles. The molecular weight excluding hydrogens is 300 g/mol. The SMILES string of the molecule is O=C1C[C@H](c2ccc(F)cc2F)c2cnn(C3CCCC3)c2N1. The van der Waals surface area contributed by atoms with Gasteiger partial charge in [-0.25, -0.2) is 13.5 Å². The molecule has 23 heavy (non-hydrogen) atoms. The molecule has 120 valence electrons. The molecule has 4 rings (SSSR count). The van der Waals surface area contributed by atoms with Gasteiger partial charge in [-0.2, -0.15) is 5.10 Å². The van der Waals surface area contributed by atoms with Crippen LogP contribution >= 0.6 is 0 Å². The molecule has 1 fully saturated rings. The number of carbonyl (C=O) groups is 1. The van der Waals surface area contributed by atoms with Crippen LogP contribution in [-0.2, 0) is 4.79 Å². The molecule has 0 saturated heterocycles. The highest BCUT2D eigenvalue weighted by molar-refractivity contribution is 5.94. The van der Waals surface area contributed by atoms with Crippen LogP contribution in [0.3, 0.4) is 0 Å². The molecule has 0 unspecified atom stereocenters. The average molecular weight is 317 g/mol. The lowest BCUT2D eigenvalue weighted by Crippen LogP contribution is -2.26. The third kappa shape index (κ3) is 2.42. The summed E-state index contributed by atoms with van der Waals surface area (Å²) in [5.74, 6) is -1.15. The Balaban J connectivity index is 1.78. The van der Waals surface area contributed by atoms with Crippen molar-refractivity contribution < 1.29 is 13.6 Å². The lowest BCUT2D eigenvalue weighted by Gasteiger charge is -2.25. The summed E-state index contributed by atoms with van der Waals surface area (Å²) in [6, 6.07) is 3.80. The van der Waals surface area contributed by atoms with Gasteiger partial charge in [-0.1, -0.05) is 18.9 Å². The van der Waals surface area contributed by atoms with Gasteiger partial charge in [0.25, 0.3) is 0 Å². The fourth-order valence-corrected chi connectivity index (χ4v) is 3.73. The minimum absolute atomic E-state index is 0.145. The summed E-state index contributed by atoms with van der Waals surface area (Å²) in [5.41, 5.74) is 1.15. The zero-order valence-corrected chi connectivity index (χ0v) is 12.6. The minimum atomic E-state index is -0.621. The highest BCUT2D eigenvalue weighted by atomic mass is 19.1. The first-order valence-electron chi connectivity index (χ1n) is 7.95. The molecule has 1 aromatic carbocycles. The molecule has 1 saturated carbocycles. The summed E-state index contributed by atoms with van der Waals surface area (Å²) in [6.45, 7) is 0. The Labute approximate surface area is 132 Å². The number of fused-ring (bicyclic) bond motifs is 1. The summed E-state index contributed by atoms with van der Waals surface area (Å²) in [6.07, 6.45) is 6.25. The van der Waals surface area contributed by atoms with E-state index in [9.17, 15) is 13.6 Å². The average Bonchev–Trinajstić information content (AvgIpc) is 3.15. The van der Waals surface area contributed by atoms with Crippen LogP contribution in [0.2, 0.25) is 0 Å². The van der Waals surface area contributed by atoms with Crippen LogP contribution in [0.4, 0.5) is 14.6 Å². The lowest BCUT2D eigenvalue weighted by atomic mass is 9.87. The quantitative estimate of drug-likeness (QED) is 0.917. The predicted molar refractivity (Wildman–Crippen MR) is 81.2 cm³/mol. The van der Waals surface area contributed by atoms with Crippen LogP contribution in [0.5, 0.6) is 0 Å². The molecule has 1 atom stereocenters. The summed E-state index contributed by atoms with van der Waals surface area (Å²) in [7, 11) is 0. The van der Waals surface area contributed by atoms with Crippen molar-refractivity contribution >= 4 is 11.7 Å². The largest absolute Gasteiger partial charge is 0.311 e. The number of amides is 1. The topological polar surface area (TPSA) is 46.9 Å². The maximum Gasteiger partial charge on any atom is 0.226 e. The second-order valence-electron chi connectivity index (χ2n) is 6.30. The Hall–Kier alpha value is -2.24. The Bertz CT molecular complexity index is 765. The highest BCUT2D eigenvalue weighted by Crippen LogP contribution is 2.41. The Morgan fingerprint density at radius 2 is 1.96 bits per heavy atom. The number of aromatic nitrogens is 2. The van der Waals surface area contributed by atoms with Crippen molar-refractivity contribution in [3.8, 4) is 0 Å². The van der Waals surface area contributed by atoms with E-state index in [0.717, 1.165) is 37.3 Å². The Kier molecular flexibility index (Phi) is 3.39. The van der Waals surface area contributed by atoms with Crippen molar-refractivity contribution in [1.29, 1.82) is 0 Å². The fourth-order valence-electron chi connectivity index (χ4n) is 3.73. The minimum Gasteiger partial charge on any atom is -0.311 e. The second-order valence-corrected chi connectivity index (χ2v) is 6.30. The van der Waals surface area contributed by atoms with Crippen molar-refractivity contribution in [2.45, 2.75) is 44.1 Å². The van der Waals surface area contributed by atoms with Gasteiger partial charge in [0.05, 0.1) is 12.2 Å². The van der Waals surface area contributed by atoms with Crippen LogP contribution in [0.1, 0.15) is 55.2 Å². The van der Waals surface area contributed by atoms with E-state index >= 15 is 0 Å². The van der Waals surface area contributed by atoms with Crippen molar-refractivity contribution in [3.05, 3.63) is 47.2 Å². The molecule has 2 aromatic rings. The third-order valence-electron chi connectivity index (χ3n) is 4.85. The van der Waals surface area contributed by atoms with Crippen LogP contribution < -0.4 is 5.32 Å². The van der Waals surface area contributed by atoms with E-state index in [4.69, 9.17) is 0 Å². The zero-order valence-electron chi connectivity index (χ0n) is 12.6. The maximum atomic E-state index is 14.2. The van der Waals surface area contributed by atoms with E-state index in [1.165, 1.54) is 12.1 Å². The van der Waals surface area contributed by atoms with E-state index in [1.807, 2.05) is 4.68 Å². The predicted octanol–water partition coefficient (Wildman–Crippen LogP) is 3.75. The zero-order chi connectivity index (χ0) is 16.0. The fraction of sp³-hybridized carbons (Fsp3) is 0.412. The molecule has 1 N–H and O–H groups in total. The number of rotatable bonds is 2. The molecular formula is C17H17F2N3O. The Morgan fingerprint density at radius 1 is 1.17 bits per heavy atom. The van der Waals surface area contributed by atoms with Crippen molar-refractivity contribution in [3.63, 3.8) is 0 Å². The summed E-state index contributed by atoms with van der Waals surface area (Å²) >= 11 is 0. The van der Waals surface area contributed by atoms with E-state index < -0.39 is 17.6 Å². The number of carbonyl (C=O) groups excluding carboxylic acids is 1. The summed E-state index contributed by atoms with van der Waals surface area (Å²) < 4.78 is 29.2. The van der Waals surface area contributed by atoms with E-state index in [-0.39, 0.29) is 18.4 Å². The monoisotopic (exact) mass is 317 g/mol. The van der Waals surface area contributed by atoms with Gasteiger partial charge in [0, 0.05) is 24.0 Å². The van der Waals surface area contributed by atoms with Gasteiger partial charge < -0.3 is 5.32 Å². The normalized spacial score (nSPS) is 21.3. The number of nitrogens with one attached hydrogen (secondary N) is 1. The first-order chi connectivity index (χ1) is 11.1. The number of hydrogen-bond acceptors (Lipinski definition) is 2. The van der Waals surface area contributed by atoms with Crippen LogP contribution in [0.15, 0.2) is 24.4 Å². The molecule has 1 amide bonds. The second kappa shape index (κ2) is 5.44. The Morgan fingerprint density at radius 3 is 2.70 bits per heavy atom. The van der Waals surface area contributed by atoms with Crippen molar-refractivity contribution in [2.75, 3.05) is 5.32 Å². The molecule has 0 bridgehead atoms. The van der Waals surface area contributed by atoms with Crippen molar-refractivity contribution in [2.24, 2.45) is 0 Å². The summed E-state index contributed by atoms with van der Waals surface area (Å²) in [5, 5.41) is 7.32. The van der Waals surface area contributed by atoms with Crippen molar-refractivity contribution in [1.82, 2.24) is 9.78 Å². The molecule has 0 spiro atoms. The van der Waals surface area contributed by atoms with Gasteiger partial charge in [0.15, 0.2) is 0 Å². The van der Waals surface area contributed by atoms with Gasteiger partial charge in [0.2, 0.25) is 5.91 Å². The molecule has 1 aromatic heterocycles. The first kappa shape index (κ1) is 14.4. The molecule has 0 radical (unpaired) electrons. The van der Waals surface area contributed by atoms with E-state index in [0.29, 0.717) is 11.4 Å². The maximum absolute atomic E-state index is 14.2. The lowest BCUT2D eigenvalue weighted by molar-refractivity contribution is -0.116. The van der Waals surface area contributed by atoms with Crippen LogP contribution in [-0.4, -0.2) is 15.7 Å². The molecule has 1 aliphatic carbocycles. The van der Waals surface area contributed by atoms with E-state index in [1.54, 1.807) is 6.20 Å². The number of benzene rings is 1. The van der Waals surface area contributed by atoms with Gasteiger partial charge in [-0.3, -0.25) is 4.79 Å². The smallest absolute Gasteiger partial charge is 0.226 e. The number of nitrogens with zero attached hydrogens (tertiary/aromatic N) is 2. The van der Waals surface area contributed by atoms with E-state index in [2.05, 4.69) is 10.4 Å². The van der Waals surface area contributed by atoms with Gasteiger partial charge in [0.1, 0.15) is 17.5 Å². The molecule has 2 aliphatic rings. The van der Waals surface area contributed by atoms with Crippen LogP contribution in [0.25, 0.3) is 0 Å². The first-order valence-corrected chi connectivity index (χ1v) is 7.95. The number of halogens is 2. The van der Waals surface area contributed by atoms with Gasteiger partial charge in [-0.05, 0) is 24.5 Å². The van der Waals surface area contributed by atoms with Crippen LogP contribution in [0, 0.1) is 11.6 Å².